The van der Waals surface area contributed by atoms with E-state index < -0.39 is 0 Å². The van der Waals surface area contributed by atoms with E-state index in [1.54, 1.807) is 25.3 Å². The van der Waals surface area contributed by atoms with Crippen LogP contribution in [-0.4, -0.2) is 62.5 Å². The molecule has 116 valence electrons. The van der Waals surface area contributed by atoms with E-state index in [9.17, 15) is 4.79 Å². The van der Waals surface area contributed by atoms with Crippen LogP contribution in [0.25, 0.3) is 0 Å². The average molecular weight is 311 g/mol. The molecule has 1 aliphatic rings. The molecule has 0 N–H and O–H groups in total. The largest absolute Gasteiger partial charge is 0.495 e. The Balaban J connectivity index is 2.02. The van der Waals surface area contributed by atoms with Crippen LogP contribution in [0.4, 0.5) is 0 Å². The van der Waals surface area contributed by atoms with Gasteiger partial charge in [0.05, 0.1) is 18.7 Å². The van der Waals surface area contributed by atoms with Gasteiger partial charge in [-0.25, -0.2) is 0 Å². The predicted octanol–water partition coefficient (Wildman–Crippen LogP) is 2.56. The number of ether oxygens (including phenoxy) is 1. The summed E-state index contributed by atoms with van der Waals surface area (Å²) in [5.41, 5.74) is 0.649. The summed E-state index contributed by atoms with van der Waals surface area (Å²) < 4.78 is 5.11. The Labute approximate surface area is 131 Å². The van der Waals surface area contributed by atoms with E-state index in [2.05, 4.69) is 23.9 Å². The molecular formula is C16H23ClN2O2. The Hall–Kier alpha value is -1.10. The molecule has 0 saturated carbocycles. The lowest BCUT2D eigenvalue weighted by atomic mass is 10.1. The standard InChI is InChI=1S/C16H23ClN2O2/c1-18(2)10-13-5-4-8-19(13)11-15(20)12-6-7-16(21-3)14(17)9-12/h6-7,9,13H,4-5,8,10-11H2,1-3H3. The molecule has 0 bridgehead atoms. The second-order valence-corrected chi connectivity index (χ2v) is 6.21. The molecule has 1 aliphatic heterocycles. The van der Waals surface area contributed by atoms with Gasteiger partial charge in [0.15, 0.2) is 5.78 Å². The molecule has 1 aromatic carbocycles. The van der Waals surface area contributed by atoms with E-state index in [0.717, 1.165) is 25.9 Å². The Morgan fingerprint density at radius 2 is 2.24 bits per heavy atom. The van der Waals surface area contributed by atoms with Gasteiger partial charge in [-0.1, -0.05) is 11.6 Å². The summed E-state index contributed by atoms with van der Waals surface area (Å²) in [4.78, 5) is 16.9. The second-order valence-electron chi connectivity index (χ2n) is 5.80. The van der Waals surface area contributed by atoms with Gasteiger partial charge in [0.25, 0.3) is 0 Å². The van der Waals surface area contributed by atoms with Crippen molar-refractivity contribution in [3.8, 4) is 5.75 Å². The first kappa shape index (κ1) is 16.3. The molecule has 1 atom stereocenters. The van der Waals surface area contributed by atoms with Gasteiger partial charge in [0, 0.05) is 18.2 Å². The predicted molar refractivity (Wildman–Crippen MR) is 85.5 cm³/mol. The molecule has 1 heterocycles. The van der Waals surface area contributed by atoms with E-state index in [4.69, 9.17) is 16.3 Å². The van der Waals surface area contributed by atoms with Crippen molar-refractivity contribution >= 4 is 17.4 Å². The van der Waals surface area contributed by atoms with Crippen molar-refractivity contribution in [1.82, 2.24) is 9.80 Å². The van der Waals surface area contributed by atoms with Gasteiger partial charge >= 0.3 is 0 Å². The first-order valence-electron chi connectivity index (χ1n) is 7.26. The van der Waals surface area contributed by atoms with Crippen LogP contribution in [0.3, 0.4) is 0 Å². The molecule has 0 spiro atoms. The first-order chi connectivity index (χ1) is 10.0. The van der Waals surface area contributed by atoms with E-state index in [1.165, 1.54) is 0 Å². The lowest BCUT2D eigenvalue weighted by Crippen LogP contribution is -2.40. The minimum absolute atomic E-state index is 0.116. The number of ketones is 1. The van der Waals surface area contributed by atoms with Crippen LogP contribution in [0, 0.1) is 0 Å². The molecule has 0 aromatic heterocycles. The summed E-state index contributed by atoms with van der Waals surface area (Å²) in [5, 5.41) is 0.481. The Morgan fingerprint density at radius 1 is 1.48 bits per heavy atom. The molecule has 1 aromatic rings. The lowest BCUT2D eigenvalue weighted by Gasteiger charge is -2.26. The number of nitrogens with zero attached hydrogens (tertiary/aromatic N) is 2. The molecule has 1 fully saturated rings. The van der Waals surface area contributed by atoms with Crippen LogP contribution in [0.1, 0.15) is 23.2 Å². The highest BCUT2D eigenvalue weighted by Crippen LogP contribution is 2.26. The molecule has 1 saturated heterocycles. The minimum atomic E-state index is 0.116. The van der Waals surface area contributed by atoms with Gasteiger partial charge in [-0.3, -0.25) is 9.69 Å². The van der Waals surface area contributed by atoms with E-state index >= 15 is 0 Å². The molecule has 0 aliphatic carbocycles. The highest BCUT2D eigenvalue weighted by molar-refractivity contribution is 6.32. The fourth-order valence-electron chi connectivity index (χ4n) is 2.85. The van der Waals surface area contributed by atoms with Crippen molar-refractivity contribution in [1.29, 1.82) is 0 Å². The summed E-state index contributed by atoms with van der Waals surface area (Å²) in [6.07, 6.45) is 2.32. The number of hydrogen-bond donors (Lipinski definition) is 0. The third-order valence-corrected chi connectivity index (χ3v) is 4.19. The number of carbonyl (C=O) groups is 1. The fraction of sp³-hybridized carbons (Fsp3) is 0.562. The van der Waals surface area contributed by atoms with E-state index in [1.807, 2.05) is 0 Å². The summed E-state index contributed by atoms with van der Waals surface area (Å²) in [5.74, 6) is 0.713. The van der Waals surface area contributed by atoms with Crippen LogP contribution >= 0.6 is 11.6 Å². The normalized spacial score (nSPS) is 19.2. The maximum absolute atomic E-state index is 12.4. The molecule has 1 unspecified atom stereocenters. The lowest BCUT2D eigenvalue weighted by molar-refractivity contribution is 0.0910. The van der Waals surface area contributed by atoms with Gasteiger partial charge in [-0.15, -0.1) is 0 Å². The van der Waals surface area contributed by atoms with Crippen LogP contribution in [0.2, 0.25) is 5.02 Å². The topological polar surface area (TPSA) is 32.8 Å². The van der Waals surface area contributed by atoms with Crippen molar-refractivity contribution in [2.45, 2.75) is 18.9 Å². The van der Waals surface area contributed by atoms with Gasteiger partial charge in [0.2, 0.25) is 0 Å². The van der Waals surface area contributed by atoms with Crippen LogP contribution in [0.5, 0.6) is 5.75 Å². The molecule has 0 amide bonds. The van der Waals surface area contributed by atoms with Crippen molar-refractivity contribution in [2.75, 3.05) is 40.8 Å². The highest BCUT2D eigenvalue weighted by Gasteiger charge is 2.26. The minimum Gasteiger partial charge on any atom is -0.495 e. The maximum atomic E-state index is 12.4. The van der Waals surface area contributed by atoms with Gasteiger partial charge in [-0.05, 0) is 51.7 Å². The number of likely N-dealkylation sites (tertiary alicyclic amines) is 1. The molecule has 0 radical (unpaired) electrons. The number of halogens is 1. The van der Waals surface area contributed by atoms with Crippen LogP contribution < -0.4 is 4.74 Å². The maximum Gasteiger partial charge on any atom is 0.176 e. The molecule has 4 nitrogen and oxygen atoms in total. The van der Waals surface area contributed by atoms with Crippen molar-refractivity contribution in [2.24, 2.45) is 0 Å². The number of Topliss-reactive ketones (excluding diaryl/α,β-unsaturated/α-hetero) is 1. The first-order valence-corrected chi connectivity index (χ1v) is 7.64. The Morgan fingerprint density at radius 3 is 2.86 bits per heavy atom. The van der Waals surface area contributed by atoms with E-state index in [0.29, 0.717) is 28.9 Å². The Kier molecular flexibility index (Phi) is 5.62. The number of benzene rings is 1. The smallest absolute Gasteiger partial charge is 0.176 e. The number of methoxy groups -OCH3 is 1. The van der Waals surface area contributed by atoms with Gasteiger partial charge in [-0.2, -0.15) is 0 Å². The van der Waals surface area contributed by atoms with Crippen molar-refractivity contribution in [3.63, 3.8) is 0 Å². The summed E-state index contributed by atoms with van der Waals surface area (Å²) in [6, 6.07) is 5.69. The monoisotopic (exact) mass is 310 g/mol. The van der Waals surface area contributed by atoms with Crippen molar-refractivity contribution < 1.29 is 9.53 Å². The average Bonchev–Trinajstić information content (AvgIpc) is 2.85. The fourth-order valence-corrected chi connectivity index (χ4v) is 3.10. The number of hydrogen-bond acceptors (Lipinski definition) is 4. The molecular weight excluding hydrogens is 288 g/mol. The second kappa shape index (κ2) is 7.25. The third-order valence-electron chi connectivity index (χ3n) is 3.90. The third kappa shape index (κ3) is 4.19. The summed E-state index contributed by atoms with van der Waals surface area (Å²) in [6.45, 7) is 2.45. The zero-order valence-corrected chi connectivity index (χ0v) is 13.7. The number of rotatable bonds is 6. The van der Waals surface area contributed by atoms with Gasteiger partial charge < -0.3 is 9.64 Å². The quantitative estimate of drug-likeness (QED) is 0.756. The number of carbonyl (C=O) groups excluding carboxylic acids is 1. The zero-order chi connectivity index (χ0) is 15.4. The van der Waals surface area contributed by atoms with E-state index in [-0.39, 0.29) is 5.78 Å². The molecule has 2 rings (SSSR count). The summed E-state index contributed by atoms with van der Waals surface area (Å²) >= 11 is 6.09. The van der Waals surface area contributed by atoms with Gasteiger partial charge in [0.1, 0.15) is 5.75 Å². The highest BCUT2D eigenvalue weighted by atomic mass is 35.5. The van der Waals surface area contributed by atoms with Crippen LogP contribution in [0.15, 0.2) is 18.2 Å². The van der Waals surface area contributed by atoms with Crippen molar-refractivity contribution in [3.05, 3.63) is 28.8 Å². The number of likely N-dealkylation sites (N-methyl/N-ethyl adjacent to an activating group) is 1. The Bertz CT molecular complexity index is 505. The SMILES string of the molecule is COc1ccc(C(=O)CN2CCCC2CN(C)C)cc1Cl. The zero-order valence-electron chi connectivity index (χ0n) is 12.9. The molecule has 5 heteroatoms. The summed E-state index contributed by atoms with van der Waals surface area (Å²) in [7, 11) is 5.71. The van der Waals surface area contributed by atoms with Crippen LogP contribution in [-0.2, 0) is 0 Å². The molecule has 21 heavy (non-hydrogen) atoms.